The van der Waals surface area contributed by atoms with Gasteiger partial charge in [-0.15, -0.1) is 0 Å². The van der Waals surface area contributed by atoms with Crippen molar-refractivity contribution in [3.8, 4) is 5.69 Å². The van der Waals surface area contributed by atoms with Gasteiger partial charge in [0.2, 0.25) is 0 Å². The van der Waals surface area contributed by atoms with Gasteiger partial charge in [0.05, 0.1) is 29.2 Å². The van der Waals surface area contributed by atoms with Crippen LogP contribution in [0.25, 0.3) is 5.69 Å². The van der Waals surface area contributed by atoms with Crippen molar-refractivity contribution in [1.29, 1.82) is 0 Å². The Hall–Kier alpha value is -2.89. The molecule has 3 aromatic rings. The topological polar surface area (TPSA) is 56.0 Å². The summed E-state index contributed by atoms with van der Waals surface area (Å²) in [5, 5.41) is 8.96. The molecule has 0 bridgehead atoms. The van der Waals surface area contributed by atoms with Crippen LogP contribution in [0.2, 0.25) is 0 Å². The largest absolute Gasteiger partial charge is 0.336 e. The number of nitrogens with zero attached hydrogens (tertiary/aromatic N) is 5. The Labute approximate surface area is 153 Å². The van der Waals surface area contributed by atoms with E-state index in [9.17, 15) is 4.79 Å². The first-order chi connectivity index (χ1) is 12.6. The number of rotatable bonds is 3. The first-order valence-electron chi connectivity index (χ1n) is 9.03. The zero-order valence-corrected chi connectivity index (χ0v) is 15.2. The fraction of sp³-hybridized carbons (Fsp3) is 0.350. The van der Waals surface area contributed by atoms with Crippen LogP contribution in [-0.4, -0.2) is 43.5 Å². The molecule has 1 fully saturated rings. The van der Waals surface area contributed by atoms with Crippen LogP contribution < -0.4 is 0 Å². The smallest absolute Gasteiger partial charge is 0.257 e. The predicted octanol–water partition coefficient (Wildman–Crippen LogP) is 3.16. The number of carbonyl (C=O) groups excluding carboxylic acids is 1. The Kier molecular flexibility index (Phi) is 4.32. The second-order valence-corrected chi connectivity index (χ2v) is 6.95. The lowest BCUT2D eigenvalue weighted by molar-refractivity contribution is 0.0672. The van der Waals surface area contributed by atoms with Crippen LogP contribution in [-0.2, 0) is 0 Å². The number of aryl methyl sites for hydroxylation is 2. The highest BCUT2D eigenvalue weighted by Gasteiger charge is 2.27. The van der Waals surface area contributed by atoms with E-state index in [0.717, 1.165) is 36.3 Å². The van der Waals surface area contributed by atoms with E-state index in [-0.39, 0.29) is 11.9 Å². The predicted molar refractivity (Wildman–Crippen MR) is 99.4 cm³/mol. The van der Waals surface area contributed by atoms with Crippen LogP contribution in [0.4, 0.5) is 0 Å². The average molecular weight is 349 g/mol. The summed E-state index contributed by atoms with van der Waals surface area (Å²) in [6.07, 6.45) is 7.80. The summed E-state index contributed by atoms with van der Waals surface area (Å²) in [7, 11) is 0. The van der Waals surface area contributed by atoms with E-state index in [1.807, 2.05) is 66.2 Å². The number of likely N-dealkylation sites (tertiary alicyclic amines) is 1. The number of hydrogen-bond acceptors (Lipinski definition) is 3. The van der Waals surface area contributed by atoms with Crippen molar-refractivity contribution in [2.24, 2.45) is 0 Å². The van der Waals surface area contributed by atoms with E-state index in [4.69, 9.17) is 0 Å². The Morgan fingerprint density at radius 2 is 1.96 bits per heavy atom. The summed E-state index contributed by atoms with van der Waals surface area (Å²) >= 11 is 0. The Morgan fingerprint density at radius 3 is 2.69 bits per heavy atom. The van der Waals surface area contributed by atoms with Gasteiger partial charge in [-0.1, -0.05) is 18.2 Å². The maximum atomic E-state index is 13.1. The standard InChI is InChI=1S/C20H23N5O/c1-15-11-21-24(12-15)18-9-6-10-23(13-18)20(26)19-14-25(22-16(19)2)17-7-4-3-5-8-17/h3-5,7-8,11-12,14,18H,6,9-10,13H2,1-2H3/t18-/m1/s1. The van der Waals surface area contributed by atoms with Gasteiger partial charge in [0.15, 0.2) is 0 Å². The fourth-order valence-electron chi connectivity index (χ4n) is 3.54. The van der Waals surface area contributed by atoms with Crippen molar-refractivity contribution in [3.63, 3.8) is 0 Å². The summed E-state index contributed by atoms with van der Waals surface area (Å²) in [6, 6.07) is 10.1. The number of amides is 1. The molecule has 1 aliphatic heterocycles. The van der Waals surface area contributed by atoms with E-state index in [2.05, 4.69) is 16.4 Å². The molecule has 1 aliphatic rings. The summed E-state index contributed by atoms with van der Waals surface area (Å²) in [5.41, 5.74) is 3.54. The van der Waals surface area contributed by atoms with Gasteiger partial charge in [0.25, 0.3) is 5.91 Å². The molecule has 2 aromatic heterocycles. The maximum absolute atomic E-state index is 13.1. The normalized spacial score (nSPS) is 17.5. The molecule has 1 atom stereocenters. The average Bonchev–Trinajstić information content (AvgIpc) is 3.28. The fourth-order valence-corrected chi connectivity index (χ4v) is 3.54. The van der Waals surface area contributed by atoms with E-state index >= 15 is 0 Å². The molecule has 3 heterocycles. The third-order valence-corrected chi connectivity index (χ3v) is 4.94. The third-order valence-electron chi connectivity index (χ3n) is 4.94. The van der Waals surface area contributed by atoms with Gasteiger partial charge in [0, 0.05) is 25.5 Å². The first-order valence-corrected chi connectivity index (χ1v) is 9.03. The molecular weight excluding hydrogens is 326 g/mol. The molecule has 0 aliphatic carbocycles. The Balaban J connectivity index is 1.55. The van der Waals surface area contributed by atoms with Crippen molar-refractivity contribution in [1.82, 2.24) is 24.5 Å². The van der Waals surface area contributed by atoms with Gasteiger partial charge >= 0.3 is 0 Å². The minimum absolute atomic E-state index is 0.0539. The quantitative estimate of drug-likeness (QED) is 0.730. The molecule has 0 unspecified atom stereocenters. The first kappa shape index (κ1) is 16.6. The molecule has 1 amide bonds. The van der Waals surface area contributed by atoms with Crippen molar-refractivity contribution in [3.05, 3.63) is 65.7 Å². The lowest BCUT2D eigenvalue weighted by Crippen LogP contribution is -2.41. The molecular formula is C20H23N5O. The molecule has 1 aromatic carbocycles. The highest BCUT2D eigenvalue weighted by atomic mass is 16.2. The molecule has 26 heavy (non-hydrogen) atoms. The van der Waals surface area contributed by atoms with E-state index < -0.39 is 0 Å². The van der Waals surface area contributed by atoms with Gasteiger partial charge in [-0.3, -0.25) is 9.48 Å². The Bertz CT molecular complexity index is 911. The second-order valence-electron chi connectivity index (χ2n) is 6.95. The van der Waals surface area contributed by atoms with E-state index in [0.29, 0.717) is 12.1 Å². The van der Waals surface area contributed by atoms with Crippen LogP contribution >= 0.6 is 0 Å². The summed E-state index contributed by atoms with van der Waals surface area (Å²) in [5.74, 6) is 0.0539. The highest BCUT2D eigenvalue weighted by Crippen LogP contribution is 2.23. The van der Waals surface area contributed by atoms with Crippen LogP contribution in [0.3, 0.4) is 0 Å². The summed E-state index contributed by atoms with van der Waals surface area (Å²) in [4.78, 5) is 15.0. The maximum Gasteiger partial charge on any atom is 0.257 e. The van der Waals surface area contributed by atoms with Gasteiger partial charge < -0.3 is 4.90 Å². The van der Waals surface area contributed by atoms with Gasteiger partial charge in [-0.25, -0.2) is 4.68 Å². The molecule has 6 heteroatoms. The molecule has 0 saturated carbocycles. The number of hydrogen-bond donors (Lipinski definition) is 0. The number of para-hydroxylation sites is 1. The lowest BCUT2D eigenvalue weighted by atomic mass is 10.0. The molecule has 6 nitrogen and oxygen atoms in total. The van der Waals surface area contributed by atoms with Crippen LogP contribution in [0, 0.1) is 13.8 Å². The van der Waals surface area contributed by atoms with Crippen molar-refractivity contribution >= 4 is 5.91 Å². The lowest BCUT2D eigenvalue weighted by Gasteiger charge is -2.32. The Morgan fingerprint density at radius 1 is 1.15 bits per heavy atom. The minimum atomic E-state index is 0.0539. The van der Waals surface area contributed by atoms with Gasteiger partial charge in [-0.2, -0.15) is 10.2 Å². The SMILES string of the molecule is Cc1cnn([C@@H]2CCCN(C(=O)c3cn(-c4ccccc4)nc3C)C2)c1. The van der Waals surface area contributed by atoms with Crippen LogP contribution in [0.1, 0.15) is 40.5 Å². The number of carbonyl (C=O) groups is 1. The molecule has 0 radical (unpaired) electrons. The number of benzene rings is 1. The third kappa shape index (κ3) is 3.14. The highest BCUT2D eigenvalue weighted by molar-refractivity contribution is 5.95. The van der Waals surface area contributed by atoms with Crippen molar-refractivity contribution in [2.45, 2.75) is 32.7 Å². The summed E-state index contributed by atoms with van der Waals surface area (Å²) in [6.45, 7) is 5.41. The molecule has 134 valence electrons. The summed E-state index contributed by atoms with van der Waals surface area (Å²) < 4.78 is 3.77. The van der Waals surface area contributed by atoms with Crippen LogP contribution in [0.5, 0.6) is 0 Å². The molecule has 0 spiro atoms. The monoisotopic (exact) mass is 349 g/mol. The van der Waals surface area contributed by atoms with Gasteiger partial charge in [0.1, 0.15) is 0 Å². The molecule has 0 N–H and O–H groups in total. The van der Waals surface area contributed by atoms with Crippen molar-refractivity contribution in [2.75, 3.05) is 13.1 Å². The minimum Gasteiger partial charge on any atom is -0.336 e. The van der Waals surface area contributed by atoms with Crippen molar-refractivity contribution < 1.29 is 4.79 Å². The molecule has 4 rings (SSSR count). The second kappa shape index (κ2) is 6.78. The van der Waals surface area contributed by atoms with E-state index in [1.165, 1.54) is 0 Å². The number of aromatic nitrogens is 4. The van der Waals surface area contributed by atoms with Crippen LogP contribution in [0.15, 0.2) is 48.9 Å². The number of piperidine rings is 1. The van der Waals surface area contributed by atoms with E-state index in [1.54, 1.807) is 4.68 Å². The zero-order valence-electron chi connectivity index (χ0n) is 15.2. The van der Waals surface area contributed by atoms with Gasteiger partial charge in [-0.05, 0) is 44.4 Å². The molecule has 1 saturated heterocycles. The zero-order chi connectivity index (χ0) is 18.1.